The summed E-state index contributed by atoms with van der Waals surface area (Å²) in [5.74, 6) is -7.37. The second-order valence-corrected chi connectivity index (χ2v) is 13.5. The topological polar surface area (TPSA) is 69.9 Å². The van der Waals surface area contributed by atoms with Gasteiger partial charge in [0, 0.05) is 23.3 Å². The van der Waals surface area contributed by atoms with Crippen molar-refractivity contribution >= 4 is 28.9 Å². The summed E-state index contributed by atoms with van der Waals surface area (Å²) in [5.41, 5.74) is 3.55. The normalized spacial score (nSPS) is 21.1. The van der Waals surface area contributed by atoms with Gasteiger partial charge < -0.3 is 14.7 Å². The van der Waals surface area contributed by atoms with Gasteiger partial charge in [-0.1, -0.05) is 19.9 Å². The number of fused-ring (bicyclic) bond motifs is 2. The van der Waals surface area contributed by atoms with Gasteiger partial charge in [0.1, 0.15) is 5.60 Å². The van der Waals surface area contributed by atoms with E-state index in [0.29, 0.717) is 28.1 Å². The summed E-state index contributed by atoms with van der Waals surface area (Å²) in [6.07, 6.45) is 5.39. The maximum atomic E-state index is 13.8. The molecule has 0 aromatic heterocycles. The molecule has 0 spiro atoms. The van der Waals surface area contributed by atoms with Crippen LogP contribution in [0.25, 0.3) is 5.57 Å². The van der Waals surface area contributed by atoms with Crippen molar-refractivity contribution in [1.82, 2.24) is 0 Å². The predicted octanol–water partition coefficient (Wildman–Crippen LogP) is 6.49. The number of hydrogen-bond acceptors (Lipinski definition) is 4. The van der Waals surface area contributed by atoms with Gasteiger partial charge in [0.25, 0.3) is 5.92 Å². The number of nitrogens with zero attached hydrogens (tertiary/aromatic N) is 2. The van der Waals surface area contributed by atoms with E-state index in [2.05, 4.69) is 0 Å². The summed E-state index contributed by atoms with van der Waals surface area (Å²) in [6, 6.07) is 9.68. The molecule has 230 valence electrons. The SMILES string of the molecule is CC(C)(C)OC(=O)c1ccc(C(=O)O)c(C2=C3C=CC(=[N+]4CC(F)(F)C4)C=C3C(C)(C)c3cc(N4CC(F)(F)C4)ccc32)c1. The number of anilines is 1. The lowest BCUT2D eigenvalue weighted by molar-refractivity contribution is -0.638. The first kappa shape index (κ1) is 29.8. The molecule has 0 atom stereocenters. The van der Waals surface area contributed by atoms with E-state index < -0.39 is 61.0 Å². The molecule has 0 radical (unpaired) electrons. The number of hydrogen-bond donors (Lipinski definition) is 1. The zero-order valence-electron chi connectivity index (χ0n) is 25.1. The van der Waals surface area contributed by atoms with E-state index in [4.69, 9.17) is 4.74 Å². The van der Waals surface area contributed by atoms with E-state index in [1.165, 1.54) is 18.2 Å². The van der Waals surface area contributed by atoms with E-state index in [1.807, 2.05) is 26.0 Å². The van der Waals surface area contributed by atoms with Crippen LogP contribution >= 0.6 is 0 Å². The Morgan fingerprint density at radius 2 is 1.61 bits per heavy atom. The Balaban J connectivity index is 1.58. The Morgan fingerprint density at radius 1 is 0.932 bits per heavy atom. The van der Waals surface area contributed by atoms with Gasteiger partial charge in [-0.05, 0) is 90.6 Å². The van der Waals surface area contributed by atoms with Crippen LogP contribution in [0, 0.1) is 0 Å². The second kappa shape index (κ2) is 9.64. The van der Waals surface area contributed by atoms with E-state index >= 15 is 0 Å². The number of esters is 1. The molecular formula is C34H33F4N2O4+. The van der Waals surface area contributed by atoms with Gasteiger partial charge in [-0.25, -0.2) is 22.9 Å². The number of halogens is 4. The van der Waals surface area contributed by atoms with Crippen LogP contribution < -0.4 is 4.90 Å². The third-order valence-corrected chi connectivity index (χ3v) is 8.46. The molecule has 2 aromatic carbocycles. The summed E-state index contributed by atoms with van der Waals surface area (Å²) in [6.45, 7) is 7.51. The fraction of sp³-hybridized carbons (Fsp3) is 0.382. The van der Waals surface area contributed by atoms with Crippen molar-refractivity contribution in [2.45, 2.75) is 57.5 Å². The molecule has 4 aliphatic rings. The van der Waals surface area contributed by atoms with Crippen molar-refractivity contribution < 1.29 is 41.6 Å². The zero-order valence-corrected chi connectivity index (χ0v) is 25.1. The molecule has 2 saturated heterocycles. The summed E-state index contributed by atoms with van der Waals surface area (Å²) in [4.78, 5) is 27.2. The number of allylic oxidation sites excluding steroid dienone is 5. The van der Waals surface area contributed by atoms with Gasteiger partial charge in [0.15, 0.2) is 0 Å². The van der Waals surface area contributed by atoms with E-state index in [-0.39, 0.29) is 16.7 Å². The maximum Gasteiger partial charge on any atom is 0.361 e. The van der Waals surface area contributed by atoms with Crippen LogP contribution in [0.4, 0.5) is 23.2 Å². The van der Waals surface area contributed by atoms with Gasteiger partial charge in [-0.15, -0.1) is 0 Å². The number of benzene rings is 2. The fourth-order valence-electron chi connectivity index (χ4n) is 6.30. The zero-order chi connectivity index (χ0) is 32.0. The molecule has 0 amide bonds. The smallest absolute Gasteiger partial charge is 0.361 e. The highest BCUT2D eigenvalue weighted by atomic mass is 19.3. The van der Waals surface area contributed by atoms with Gasteiger partial charge in [0.2, 0.25) is 18.8 Å². The highest BCUT2D eigenvalue weighted by Gasteiger charge is 2.51. The molecule has 0 unspecified atom stereocenters. The van der Waals surface area contributed by atoms with Gasteiger partial charge in [-0.2, -0.15) is 8.78 Å². The van der Waals surface area contributed by atoms with Crippen molar-refractivity contribution in [2.75, 3.05) is 31.1 Å². The average molecular weight is 610 g/mol. The molecule has 2 aliphatic heterocycles. The van der Waals surface area contributed by atoms with E-state index in [0.717, 1.165) is 11.1 Å². The lowest BCUT2D eigenvalue weighted by Gasteiger charge is -2.43. The van der Waals surface area contributed by atoms with Crippen molar-refractivity contribution in [3.8, 4) is 0 Å². The summed E-state index contributed by atoms with van der Waals surface area (Å²) in [7, 11) is 0. The van der Waals surface area contributed by atoms with Crippen molar-refractivity contribution in [3.63, 3.8) is 0 Å². The van der Waals surface area contributed by atoms with Crippen LogP contribution in [0.3, 0.4) is 0 Å². The number of ether oxygens (including phenoxy) is 1. The molecule has 0 saturated carbocycles. The number of rotatable bonds is 4. The molecule has 2 heterocycles. The van der Waals surface area contributed by atoms with Crippen molar-refractivity contribution in [3.05, 3.63) is 93.6 Å². The molecule has 2 aromatic rings. The van der Waals surface area contributed by atoms with Crippen LogP contribution in [-0.2, 0) is 10.2 Å². The Morgan fingerprint density at radius 3 is 2.20 bits per heavy atom. The Bertz CT molecular complexity index is 1740. The Kier molecular flexibility index (Phi) is 6.54. The molecule has 6 rings (SSSR count). The van der Waals surface area contributed by atoms with Crippen LogP contribution in [0.1, 0.15) is 72.0 Å². The number of carbonyl (C=O) groups excluding carboxylic acids is 1. The number of carbonyl (C=O) groups is 2. The largest absolute Gasteiger partial charge is 0.478 e. The summed E-state index contributed by atoms with van der Waals surface area (Å²) >= 11 is 0. The minimum Gasteiger partial charge on any atom is -0.478 e. The quantitative estimate of drug-likeness (QED) is 0.244. The fourth-order valence-corrected chi connectivity index (χ4v) is 6.30. The lowest BCUT2D eigenvalue weighted by atomic mass is 9.64. The number of alkyl halides is 4. The molecule has 0 bridgehead atoms. The highest BCUT2D eigenvalue weighted by Crippen LogP contribution is 2.51. The first-order valence-corrected chi connectivity index (χ1v) is 14.4. The van der Waals surface area contributed by atoms with Crippen molar-refractivity contribution in [1.29, 1.82) is 0 Å². The summed E-state index contributed by atoms with van der Waals surface area (Å²) < 4.78 is 62.3. The lowest BCUT2D eigenvalue weighted by Crippen LogP contribution is -2.56. The monoisotopic (exact) mass is 609 g/mol. The molecule has 1 N–H and O–H groups in total. The molecule has 6 nitrogen and oxygen atoms in total. The molecular weight excluding hydrogens is 576 g/mol. The Hall–Kier alpha value is -4.21. The van der Waals surface area contributed by atoms with Crippen LogP contribution in [0.2, 0.25) is 0 Å². The van der Waals surface area contributed by atoms with E-state index in [9.17, 15) is 32.3 Å². The molecule has 2 fully saturated rings. The highest BCUT2D eigenvalue weighted by molar-refractivity contribution is 6.09. The second-order valence-electron chi connectivity index (χ2n) is 13.5. The predicted molar refractivity (Wildman–Crippen MR) is 158 cm³/mol. The standard InChI is InChI=1S/C34H32F4N2O4/c1-31(2,3)44-30(43)19-6-9-22(29(41)42)25(12-19)28-23-10-7-20(39-15-33(35,36)16-39)13-26(23)32(4,5)27-14-21(8-11-24(27)28)40-17-34(37,38)18-40/h6-14H,15-18H2,1-5H3/p+1. The maximum absolute atomic E-state index is 13.8. The molecule has 44 heavy (non-hydrogen) atoms. The first-order valence-electron chi connectivity index (χ1n) is 14.4. The van der Waals surface area contributed by atoms with Gasteiger partial charge in [0.05, 0.1) is 24.2 Å². The minimum atomic E-state index is -2.78. The van der Waals surface area contributed by atoms with Crippen LogP contribution in [-0.4, -0.2) is 71.0 Å². The van der Waals surface area contributed by atoms with Gasteiger partial charge in [-0.3, -0.25) is 0 Å². The molecule has 2 aliphatic carbocycles. The Labute approximate surface area is 252 Å². The third-order valence-electron chi connectivity index (χ3n) is 8.46. The first-order chi connectivity index (χ1) is 20.4. The average Bonchev–Trinajstić information content (AvgIpc) is 2.89. The number of carboxylic acids is 1. The van der Waals surface area contributed by atoms with Crippen molar-refractivity contribution in [2.24, 2.45) is 0 Å². The minimum absolute atomic E-state index is 0.0400. The van der Waals surface area contributed by atoms with Gasteiger partial charge >= 0.3 is 17.9 Å². The van der Waals surface area contributed by atoms with Crippen LogP contribution in [0.15, 0.2) is 65.8 Å². The van der Waals surface area contributed by atoms with Crippen LogP contribution in [0.5, 0.6) is 0 Å². The third kappa shape index (κ3) is 5.14. The summed E-state index contributed by atoms with van der Waals surface area (Å²) in [5, 5.41) is 10.2. The van der Waals surface area contributed by atoms with E-state index in [1.54, 1.807) is 54.5 Å². The number of aromatic carboxylic acids is 1. The molecule has 10 heteroatoms. The number of carboxylic acid groups (broad SMARTS) is 1.